The SMILES string of the molecule is CCc1ccc(C(OC)C(N)=O)cc1. The van der Waals surface area contributed by atoms with E-state index in [4.69, 9.17) is 10.5 Å². The number of benzene rings is 1. The Morgan fingerprint density at radius 2 is 2.00 bits per heavy atom. The van der Waals surface area contributed by atoms with Gasteiger partial charge in [0.2, 0.25) is 0 Å². The monoisotopic (exact) mass is 193 g/mol. The van der Waals surface area contributed by atoms with Crippen LogP contribution in [0, 0.1) is 0 Å². The van der Waals surface area contributed by atoms with Gasteiger partial charge in [-0.1, -0.05) is 31.2 Å². The van der Waals surface area contributed by atoms with E-state index in [0.29, 0.717) is 0 Å². The van der Waals surface area contributed by atoms with E-state index < -0.39 is 12.0 Å². The molecule has 0 fully saturated rings. The Balaban J connectivity index is 2.89. The molecule has 1 rings (SSSR count). The zero-order chi connectivity index (χ0) is 10.6. The van der Waals surface area contributed by atoms with Crippen molar-refractivity contribution < 1.29 is 9.53 Å². The van der Waals surface area contributed by atoms with Crippen LogP contribution in [0.4, 0.5) is 0 Å². The highest BCUT2D eigenvalue weighted by Gasteiger charge is 2.15. The summed E-state index contributed by atoms with van der Waals surface area (Å²) in [6.07, 6.45) is 0.343. The molecule has 76 valence electrons. The average Bonchev–Trinajstić information content (AvgIpc) is 2.19. The van der Waals surface area contributed by atoms with Crippen LogP contribution in [0.5, 0.6) is 0 Å². The minimum absolute atomic E-state index is 0.461. The Morgan fingerprint density at radius 3 is 2.36 bits per heavy atom. The summed E-state index contributed by atoms with van der Waals surface area (Å²) in [5.74, 6) is -0.461. The van der Waals surface area contributed by atoms with E-state index in [2.05, 4.69) is 6.92 Å². The number of methoxy groups -OCH3 is 1. The summed E-state index contributed by atoms with van der Waals surface area (Å²) in [4.78, 5) is 11.0. The minimum Gasteiger partial charge on any atom is -0.367 e. The predicted molar refractivity (Wildman–Crippen MR) is 54.8 cm³/mol. The molecular weight excluding hydrogens is 178 g/mol. The second kappa shape index (κ2) is 4.77. The number of nitrogens with two attached hydrogens (primary N) is 1. The first-order chi connectivity index (χ1) is 6.69. The predicted octanol–water partition coefficient (Wildman–Crippen LogP) is 1.42. The van der Waals surface area contributed by atoms with Gasteiger partial charge in [-0.25, -0.2) is 0 Å². The number of carbonyl (C=O) groups excluding carboxylic acids is 1. The molecule has 2 N–H and O–H groups in total. The van der Waals surface area contributed by atoms with Crippen LogP contribution in [-0.4, -0.2) is 13.0 Å². The van der Waals surface area contributed by atoms with Crippen molar-refractivity contribution in [3.05, 3.63) is 35.4 Å². The zero-order valence-corrected chi connectivity index (χ0v) is 8.49. The van der Waals surface area contributed by atoms with Crippen LogP contribution in [0.25, 0.3) is 0 Å². The smallest absolute Gasteiger partial charge is 0.251 e. The topological polar surface area (TPSA) is 52.3 Å². The summed E-state index contributed by atoms with van der Waals surface area (Å²) in [5, 5.41) is 0. The highest BCUT2D eigenvalue weighted by molar-refractivity contribution is 5.80. The van der Waals surface area contributed by atoms with E-state index in [0.717, 1.165) is 12.0 Å². The van der Waals surface area contributed by atoms with Gasteiger partial charge >= 0.3 is 0 Å². The molecule has 0 aliphatic heterocycles. The summed E-state index contributed by atoms with van der Waals surface area (Å²) in [7, 11) is 1.48. The molecule has 1 aromatic carbocycles. The highest BCUT2D eigenvalue weighted by Crippen LogP contribution is 2.16. The van der Waals surface area contributed by atoms with Gasteiger partial charge in [0.15, 0.2) is 6.10 Å². The van der Waals surface area contributed by atoms with Crippen LogP contribution >= 0.6 is 0 Å². The lowest BCUT2D eigenvalue weighted by atomic mass is 10.1. The molecule has 0 bridgehead atoms. The molecule has 3 heteroatoms. The molecule has 0 aliphatic carbocycles. The van der Waals surface area contributed by atoms with Crippen molar-refractivity contribution in [2.75, 3.05) is 7.11 Å². The second-order valence-corrected chi connectivity index (χ2v) is 3.11. The van der Waals surface area contributed by atoms with Gasteiger partial charge in [0.05, 0.1) is 0 Å². The standard InChI is InChI=1S/C11H15NO2/c1-3-8-4-6-9(7-5-8)10(14-2)11(12)13/h4-7,10H,3H2,1-2H3,(H2,12,13). The molecule has 3 nitrogen and oxygen atoms in total. The molecular formula is C11H15NO2. The maximum absolute atomic E-state index is 11.0. The minimum atomic E-state index is -0.638. The number of hydrogen-bond donors (Lipinski definition) is 1. The van der Waals surface area contributed by atoms with E-state index in [9.17, 15) is 4.79 Å². The molecule has 1 aromatic rings. The van der Waals surface area contributed by atoms with E-state index in [1.165, 1.54) is 12.7 Å². The maximum Gasteiger partial charge on any atom is 0.251 e. The number of aryl methyl sites for hydroxylation is 1. The molecule has 0 saturated carbocycles. The fourth-order valence-corrected chi connectivity index (χ4v) is 1.34. The Morgan fingerprint density at radius 1 is 1.43 bits per heavy atom. The Hall–Kier alpha value is -1.35. The molecule has 0 saturated heterocycles. The van der Waals surface area contributed by atoms with Gasteiger partial charge in [-0.2, -0.15) is 0 Å². The average molecular weight is 193 g/mol. The Bertz CT molecular complexity index is 306. The lowest BCUT2D eigenvalue weighted by Gasteiger charge is -2.11. The number of primary amides is 1. The van der Waals surface area contributed by atoms with Gasteiger partial charge in [0, 0.05) is 7.11 Å². The van der Waals surface area contributed by atoms with Gasteiger partial charge in [-0.05, 0) is 17.5 Å². The maximum atomic E-state index is 11.0. The number of ether oxygens (including phenoxy) is 1. The van der Waals surface area contributed by atoms with E-state index in [-0.39, 0.29) is 0 Å². The zero-order valence-electron chi connectivity index (χ0n) is 8.49. The first-order valence-electron chi connectivity index (χ1n) is 4.60. The Kier molecular flexibility index (Phi) is 3.65. The van der Waals surface area contributed by atoms with E-state index >= 15 is 0 Å². The van der Waals surface area contributed by atoms with Gasteiger partial charge in [0.1, 0.15) is 0 Å². The summed E-state index contributed by atoms with van der Waals surface area (Å²) >= 11 is 0. The summed E-state index contributed by atoms with van der Waals surface area (Å²) in [5.41, 5.74) is 7.22. The molecule has 0 aromatic heterocycles. The third-order valence-corrected chi connectivity index (χ3v) is 2.18. The fraction of sp³-hybridized carbons (Fsp3) is 0.364. The summed E-state index contributed by atoms with van der Waals surface area (Å²) in [6, 6.07) is 7.70. The summed E-state index contributed by atoms with van der Waals surface area (Å²) in [6.45, 7) is 2.08. The second-order valence-electron chi connectivity index (χ2n) is 3.11. The van der Waals surface area contributed by atoms with Crippen LogP contribution < -0.4 is 5.73 Å². The molecule has 1 amide bonds. The molecule has 14 heavy (non-hydrogen) atoms. The van der Waals surface area contributed by atoms with Crippen LogP contribution in [0.2, 0.25) is 0 Å². The van der Waals surface area contributed by atoms with Crippen molar-refractivity contribution in [3.8, 4) is 0 Å². The molecule has 1 unspecified atom stereocenters. The number of hydrogen-bond acceptors (Lipinski definition) is 2. The van der Waals surface area contributed by atoms with Gasteiger partial charge in [0.25, 0.3) is 5.91 Å². The van der Waals surface area contributed by atoms with Crippen molar-refractivity contribution in [1.29, 1.82) is 0 Å². The molecule has 0 radical (unpaired) electrons. The van der Waals surface area contributed by atoms with Crippen LogP contribution in [0.15, 0.2) is 24.3 Å². The fourth-order valence-electron chi connectivity index (χ4n) is 1.34. The Labute approximate surface area is 83.9 Å². The van der Waals surface area contributed by atoms with Crippen LogP contribution in [0.1, 0.15) is 24.2 Å². The molecule has 0 heterocycles. The number of amides is 1. The van der Waals surface area contributed by atoms with Crippen molar-refractivity contribution in [3.63, 3.8) is 0 Å². The molecule has 1 atom stereocenters. The number of carbonyl (C=O) groups is 1. The quantitative estimate of drug-likeness (QED) is 0.786. The van der Waals surface area contributed by atoms with Gasteiger partial charge in [-0.3, -0.25) is 4.79 Å². The molecule has 0 spiro atoms. The first kappa shape index (κ1) is 10.7. The highest BCUT2D eigenvalue weighted by atomic mass is 16.5. The summed E-state index contributed by atoms with van der Waals surface area (Å²) < 4.78 is 5.00. The van der Waals surface area contributed by atoms with Crippen LogP contribution in [0.3, 0.4) is 0 Å². The van der Waals surface area contributed by atoms with Crippen LogP contribution in [-0.2, 0) is 16.0 Å². The third kappa shape index (κ3) is 2.33. The lowest BCUT2D eigenvalue weighted by Crippen LogP contribution is -2.22. The lowest BCUT2D eigenvalue weighted by molar-refractivity contribution is -0.128. The normalized spacial score (nSPS) is 12.4. The largest absolute Gasteiger partial charge is 0.367 e. The van der Waals surface area contributed by atoms with Gasteiger partial charge in [-0.15, -0.1) is 0 Å². The van der Waals surface area contributed by atoms with Crippen molar-refractivity contribution in [2.45, 2.75) is 19.4 Å². The van der Waals surface area contributed by atoms with Crippen molar-refractivity contribution in [2.24, 2.45) is 5.73 Å². The van der Waals surface area contributed by atoms with E-state index in [1.807, 2.05) is 24.3 Å². The molecule has 0 aliphatic rings. The number of rotatable bonds is 4. The first-order valence-corrected chi connectivity index (χ1v) is 4.60. The van der Waals surface area contributed by atoms with Crippen molar-refractivity contribution in [1.82, 2.24) is 0 Å². The van der Waals surface area contributed by atoms with Crippen molar-refractivity contribution >= 4 is 5.91 Å². The van der Waals surface area contributed by atoms with E-state index in [1.54, 1.807) is 0 Å². The third-order valence-electron chi connectivity index (χ3n) is 2.18. The van der Waals surface area contributed by atoms with Gasteiger partial charge < -0.3 is 10.5 Å².